The summed E-state index contributed by atoms with van der Waals surface area (Å²) >= 11 is 6.06. The molecule has 0 fully saturated rings. The summed E-state index contributed by atoms with van der Waals surface area (Å²) in [6, 6.07) is 4.95. The first-order chi connectivity index (χ1) is 9.08. The van der Waals surface area contributed by atoms with E-state index in [1.807, 2.05) is 0 Å². The fraction of sp³-hybridized carbons (Fsp3) is 0.385. The van der Waals surface area contributed by atoms with Crippen LogP contribution < -0.4 is 10.2 Å². The van der Waals surface area contributed by atoms with E-state index in [-0.39, 0.29) is 12.5 Å². The second-order valence-corrected chi connectivity index (χ2v) is 4.43. The molecule has 0 saturated carbocycles. The molecular weight excluding hydrogens is 268 g/mol. The molecule has 5 nitrogen and oxygen atoms in total. The first-order valence-electron chi connectivity index (χ1n) is 5.80. The van der Waals surface area contributed by atoms with Gasteiger partial charge < -0.3 is 15.0 Å². The first kappa shape index (κ1) is 15.5. The first-order valence-corrected chi connectivity index (χ1v) is 6.17. The van der Waals surface area contributed by atoms with Crippen molar-refractivity contribution >= 4 is 29.5 Å². The van der Waals surface area contributed by atoms with Gasteiger partial charge in [0, 0.05) is 26.3 Å². The molecule has 1 amide bonds. The van der Waals surface area contributed by atoms with Crippen molar-refractivity contribution in [3.63, 3.8) is 0 Å². The van der Waals surface area contributed by atoms with Gasteiger partial charge in [0.1, 0.15) is 6.29 Å². The van der Waals surface area contributed by atoms with Crippen molar-refractivity contribution in [3.05, 3.63) is 28.8 Å². The van der Waals surface area contributed by atoms with Crippen LogP contribution in [0.15, 0.2) is 18.2 Å². The lowest BCUT2D eigenvalue weighted by Gasteiger charge is -2.20. The molecule has 1 N–H and O–H groups in total. The van der Waals surface area contributed by atoms with Gasteiger partial charge in [-0.3, -0.25) is 9.59 Å². The third-order valence-electron chi connectivity index (χ3n) is 2.53. The minimum Gasteiger partial charge on any atom is -0.383 e. The topological polar surface area (TPSA) is 58.6 Å². The number of methoxy groups -OCH3 is 1. The molecular formula is C13H17ClN2O3. The van der Waals surface area contributed by atoms with Crippen molar-refractivity contribution in [3.8, 4) is 0 Å². The summed E-state index contributed by atoms with van der Waals surface area (Å²) in [5.74, 6) is -0.116. The van der Waals surface area contributed by atoms with E-state index in [0.29, 0.717) is 29.4 Å². The molecule has 104 valence electrons. The second kappa shape index (κ2) is 7.76. The van der Waals surface area contributed by atoms with Crippen molar-refractivity contribution in [2.75, 3.05) is 38.8 Å². The van der Waals surface area contributed by atoms with Crippen LogP contribution in [0.5, 0.6) is 0 Å². The molecule has 0 aliphatic rings. The number of likely N-dealkylation sites (N-methyl/N-ethyl adjacent to an activating group) is 1. The van der Waals surface area contributed by atoms with E-state index in [1.54, 1.807) is 37.3 Å². The smallest absolute Gasteiger partial charge is 0.239 e. The van der Waals surface area contributed by atoms with Crippen LogP contribution in [0.4, 0.5) is 5.69 Å². The number of rotatable bonds is 7. The third-order valence-corrected chi connectivity index (χ3v) is 2.83. The van der Waals surface area contributed by atoms with E-state index < -0.39 is 0 Å². The molecule has 0 radical (unpaired) electrons. The van der Waals surface area contributed by atoms with E-state index in [0.717, 1.165) is 6.29 Å². The van der Waals surface area contributed by atoms with Crippen LogP contribution in [0.2, 0.25) is 5.02 Å². The van der Waals surface area contributed by atoms with Crippen molar-refractivity contribution in [1.82, 2.24) is 5.32 Å². The maximum atomic E-state index is 11.6. The Morgan fingerprint density at radius 2 is 2.26 bits per heavy atom. The molecule has 0 spiro atoms. The number of nitrogens with one attached hydrogen (secondary N) is 1. The molecule has 0 aliphatic heterocycles. The van der Waals surface area contributed by atoms with Crippen molar-refractivity contribution in [2.24, 2.45) is 0 Å². The minimum atomic E-state index is -0.116. The normalized spacial score (nSPS) is 10.1. The summed E-state index contributed by atoms with van der Waals surface area (Å²) < 4.78 is 4.84. The molecule has 0 atom stereocenters. The van der Waals surface area contributed by atoms with E-state index in [2.05, 4.69) is 5.32 Å². The largest absolute Gasteiger partial charge is 0.383 e. The highest BCUT2D eigenvalue weighted by molar-refractivity contribution is 6.33. The molecule has 0 saturated heterocycles. The van der Waals surface area contributed by atoms with Gasteiger partial charge >= 0.3 is 0 Å². The number of anilines is 1. The zero-order valence-corrected chi connectivity index (χ0v) is 11.7. The number of halogens is 1. The number of amides is 1. The molecule has 1 aromatic carbocycles. The number of hydrogen-bond donors (Lipinski definition) is 1. The number of carbonyl (C=O) groups excluding carboxylic acids is 2. The summed E-state index contributed by atoms with van der Waals surface area (Å²) in [5, 5.41) is 3.16. The van der Waals surface area contributed by atoms with Crippen LogP contribution in [0.1, 0.15) is 10.4 Å². The van der Waals surface area contributed by atoms with Crippen molar-refractivity contribution in [1.29, 1.82) is 0 Å². The number of ether oxygens (including phenoxy) is 1. The standard InChI is InChI=1S/C13H17ClN2O3/c1-16(8-13(18)15-5-6-19-2)12-4-3-10(9-17)7-11(12)14/h3-4,7,9H,5-6,8H2,1-2H3,(H,15,18). The van der Waals surface area contributed by atoms with Crippen LogP contribution in [0.25, 0.3) is 0 Å². The maximum absolute atomic E-state index is 11.6. The van der Waals surface area contributed by atoms with Crippen LogP contribution in [0, 0.1) is 0 Å². The Kier molecular flexibility index (Phi) is 6.32. The molecule has 1 aromatic rings. The Hall–Kier alpha value is -1.59. The predicted molar refractivity (Wildman–Crippen MR) is 75.0 cm³/mol. The third kappa shape index (κ3) is 4.89. The molecule has 0 unspecified atom stereocenters. The molecule has 6 heteroatoms. The maximum Gasteiger partial charge on any atom is 0.239 e. The molecule has 0 bridgehead atoms. The van der Waals surface area contributed by atoms with Crippen LogP contribution >= 0.6 is 11.6 Å². The lowest BCUT2D eigenvalue weighted by Crippen LogP contribution is -2.36. The van der Waals surface area contributed by atoms with Gasteiger partial charge in [-0.1, -0.05) is 11.6 Å². The number of nitrogens with zero attached hydrogens (tertiary/aromatic N) is 1. The van der Waals surface area contributed by atoms with Crippen LogP contribution in [-0.4, -0.2) is 46.0 Å². The lowest BCUT2D eigenvalue weighted by molar-refractivity contribution is -0.119. The zero-order chi connectivity index (χ0) is 14.3. The highest BCUT2D eigenvalue weighted by Gasteiger charge is 2.10. The van der Waals surface area contributed by atoms with E-state index in [9.17, 15) is 9.59 Å². The van der Waals surface area contributed by atoms with E-state index in [1.165, 1.54) is 0 Å². The van der Waals surface area contributed by atoms with Gasteiger partial charge in [0.2, 0.25) is 5.91 Å². The highest BCUT2D eigenvalue weighted by atomic mass is 35.5. The van der Waals surface area contributed by atoms with Crippen molar-refractivity contribution in [2.45, 2.75) is 0 Å². The zero-order valence-electron chi connectivity index (χ0n) is 11.0. The molecule has 1 rings (SSSR count). The minimum absolute atomic E-state index is 0.116. The van der Waals surface area contributed by atoms with Crippen LogP contribution in [-0.2, 0) is 9.53 Å². The number of benzene rings is 1. The van der Waals surface area contributed by atoms with Gasteiger partial charge in [0.15, 0.2) is 0 Å². The fourth-order valence-corrected chi connectivity index (χ4v) is 1.89. The van der Waals surface area contributed by atoms with Gasteiger partial charge in [-0.25, -0.2) is 0 Å². The SMILES string of the molecule is COCCNC(=O)CN(C)c1ccc(C=O)cc1Cl. The monoisotopic (exact) mass is 284 g/mol. The quantitative estimate of drug-likeness (QED) is 0.607. The highest BCUT2D eigenvalue weighted by Crippen LogP contribution is 2.25. The Morgan fingerprint density at radius 1 is 1.53 bits per heavy atom. The van der Waals surface area contributed by atoms with Gasteiger partial charge in [-0.05, 0) is 18.2 Å². The molecule has 0 aliphatic carbocycles. The van der Waals surface area contributed by atoms with E-state index in [4.69, 9.17) is 16.3 Å². The fourth-order valence-electron chi connectivity index (χ4n) is 1.56. The van der Waals surface area contributed by atoms with Gasteiger partial charge in [-0.15, -0.1) is 0 Å². The molecule has 0 aromatic heterocycles. The second-order valence-electron chi connectivity index (χ2n) is 4.03. The number of hydrogen-bond acceptors (Lipinski definition) is 4. The molecule has 19 heavy (non-hydrogen) atoms. The summed E-state index contributed by atoms with van der Waals surface area (Å²) in [5.41, 5.74) is 1.21. The van der Waals surface area contributed by atoms with E-state index >= 15 is 0 Å². The number of carbonyl (C=O) groups is 2. The Morgan fingerprint density at radius 3 is 2.84 bits per heavy atom. The Balaban J connectivity index is 2.60. The molecule has 0 heterocycles. The van der Waals surface area contributed by atoms with Gasteiger partial charge in [0.05, 0.1) is 23.9 Å². The summed E-state index contributed by atoms with van der Waals surface area (Å²) in [6.45, 7) is 1.13. The number of aldehydes is 1. The lowest BCUT2D eigenvalue weighted by atomic mass is 10.2. The average Bonchev–Trinajstić information content (AvgIpc) is 2.38. The van der Waals surface area contributed by atoms with Crippen LogP contribution in [0.3, 0.4) is 0 Å². The Bertz CT molecular complexity index is 452. The van der Waals surface area contributed by atoms with Crippen molar-refractivity contribution < 1.29 is 14.3 Å². The summed E-state index contributed by atoms with van der Waals surface area (Å²) in [4.78, 5) is 24.0. The van der Waals surface area contributed by atoms with Gasteiger partial charge in [0.25, 0.3) is 0 Å². The summed E-state index contributed by atoms with van der Waals surface area (Å²) in [6.07, 6.45) is 0.729. The predicted octanol–water partition coefficient (Wildman–Crippen LogP) is 1.35. The van der Waals surface area contributed by atoms with Gasteiger partial charge in [-0.2, -0.15) is 0 Å². The Labute approximate surface area is 117 Å². The average molecular weight is 285 g/mol. The summed E-state index contributed by atoms with van der Waals surface area (Å²) in [7, 11) is 3.34.